The van der Waals surface area contributed by atoms with E-state index in [1.54, 1.807) is 12.3 Å². The van der Waals surface area contributed by atoms with E-state index in [2.05, 4.69) is 15.4 Å². The number of hydrogen-bond donors (Lipinski definition) is 1. The van der Waals surface area contributed by atoms with Crippen LogP contribution in [0.4, 0.5) is 0 Å². The van der Waals surface area contributed by atoms with Crippen molar-refractivity contribution in [1.82, 2.24) is 14.9 Å². The number of amides is 1. The first-order valence-corrected chi connectivity index (χ1v) is 11.5. The van der Waals surface area contributed by atoms with Crippen LogP contribution in [0.5, 0.6) is 0 Å². The number of carbonyl (C=O) groups excluding carboxylic acids is 1. The highest BCUT2D eigenvalue weighted by Crippen LogP contribution is 2.28. The second kappa shape index (κ2) is 10.5. The molecule has 1 aliphatic heterocycles. The van der Waals surface area contributed by atoms with E-state index in [1.165, 1.54) is 5.56 Å². The molecule has 1 saturated heterocycles. The van der Waals surface area contributed by atoms with Crippen molar-refractivity contribution >= 4 is 35.3 Å². The fraction of sp³-hybridized carbons (Fsp3) is 0.280. The summed E-state index contributed by atoms with van der Waals surface area (Å²) in [6, 6.07) is 15.0. The summed E-state index contributed by atoms with van der Waals surface area (Å²) in [5.74, 6) is -0.251. The number of ether oxygens (including phenoxy) is 1. The van der Waals surface area contributed by atoms with Gasteiger partial charge in [0.25, 0.3) is 5.91 Å². The molecule has 2 aromatic carbocycles. The number of benzene rings is 2. The number of nitrogens with zero attached hydrogens (tertiary/aromatic N) is 3. The molecule has 0 saturated carbocycles. The molecule has 0 atom stereocenters. The molecule has 8 heteroatoms. The van der Waals surface area contributed by atoms with Gasteiger partial charge in [0, 0.05) is 47.2 Å². The lowest BCUT2D eigenvalue weighted by atomic mass is 10.1. The molecule has 6 nitrogen and oxygen atoms in total. The normalized spacial score (nSPS) is 14.7. The summed E-state index contributed by atoms with van der Waals surface area (Å²) in [5.41, 5.74) is 8.04. The first-order chi connectivity index (χ1) is 15.9. The summed E-state index contributed by atoms with van der Waals surface area (Å²) in [6.07, 6.45) is 1.65. The molecule has 1 amide bonds. The Hall–Kier alpha value is -2.64. The second-order valence-corrected chi connectivity index (χ2v) is 8.89. The first kappa shape index (κ1) is 23.5. The van der Waals surface area contributed by atoms with Crippen LogP contribution in [0.3, 0.4) is 0 Å². The van der Waals surface area contributed by atoms with Crippen LogP contribution in [0.2, 0.25) is 10.0 Å². The molecule has 3 aromatic rings. The molecule has 1 N–H and O–H groups in total. The third-order valence-electron chi connectivity index (χ3n) is 5.72. The minimum atomic E-state index is -0.251. The van der Waals surface area contributed by atoms with E-state index in [0.717, 1.165) is 55.5 Å². The Bertz CT molecular complexity index is 1170. The molecule has 4 rings (SSSR count). The number of aromatic nitrogens is 1. The van der Waals surface area contributed by atoms with Gasteiger partial charge in [-0.05, 0) is 55.8 Å². The van der Waals surface area contributed by atoms with Crippen molar-refractivity contribution in [3.8, 4) is 5.69 Å². The highest BCUT2D eigenvalue weighted by atomic mass is 35.5. The highest BCUT2D eigenvalue weighted by molar-refractivity contribution is 6.35. The quantitative estimate of drug-likeness (QED) is 0.395. The minimum Gasteiger partial charge on any atom is -0.379 e. The van der Waals surface area contributed by atoms with Crippen molar-refractivity contribution in [2.24, 2.45) is 5.10 Å². The van der Waals surface area contributed by atoms with E-state index in [0.29, 0.717) is 15.6 Å². The third kappa shape index (κ3) is 5.65. The van der Waals surface area contributed by atoms with E-state index >= 15 is 0 Å². The number of carbonyl (C=O) groups is 1. The maximum absolute atomic E-state index is 12.5. The van der Waals surface area contributed by atoms with Gasteiger partial charge in [-0.3, -0.25) is 9.69 Å². The maximum Gasteiger partial charge on any atom is 0.271 e. The Morgan fingerprint density at radius 3 is 2.52 bits per heavy atom. The fourth-order valence-corrected chi connectivity index (χ4v) is 4.45. The SMILES string of the molecule is Cc1cc(/C=N\NC(=O)c2ccc(CN3CCOCC3)cc2)c(C)n1-c1ccc(Cl)cc1Cl. The van der Waals surface area contributed by atoms with E-state index in [1.807, 2.05) is 60.9 Å². The highest BCUT2D eigenvalue weighted by Gasteiger charge is 2.13. The van der Waals surface area contributed by atoms with Gasteiger partial charge in [0.05, 0.1) is 30.1 Å². The molecule has 0 bridgehead atoms. The van der Waals surface area contributed by atoms with Crippen LogP contribution in [0, 0.1) is 13.8 Å². The lowest BCUT2D eigenvalue weighted by Crippen LogP contribution is -2.35. The van der Waals surface area contributed by atoms with Crippen LogP contribution in [0.15, 0.2) is 53.6 Å². The Morgan fingerprint density at radius 1 is 1.09 bits per heavy atom. The van der Waals surface area contributed by atoms with E-state index in [4.69, 9.17) is 27.9 Å². The smallest absolute Gasteiger partial charge is 0.271 e. The molecule has 0 spiro atoms. The van der Waals surface area contributed by atoms with Crippen molar-refractivity contribution < 1.29 is 9.53 Å². The average molecular weight is 485 g/mol. The Labute approximate surface area is 203 Å². The van der Waals surface area contributed by atoms with Gasteiger partial charge < -0.3 is 9.30 Å². The molecule has 172 valence electrons. The number of hydrogen-bond acceptors (Lipinski definition) is 4. The van der Waals surface area contributed by atoms with Gasteiger partial charge in [-0.15, -0.1) is 0 Å². The zero-order valence-electron chi connectivity index (χ0n) is 18.6. The van der Waals surface area contributed by atoms with Crippen molar-refractivity contribution in [1.29, 1.82) is 0 Å². The van der Waals surface area contributed by atoms with Gasteiger partial charge >= 0.3 is 0 Å². The molecular formula is C25H26Cl2N4O2. The summed E-state index contributed by atoms with van der Waals surface area (Å²) < 4.78 is 7.42. The van der Waals surface area contributed by atoms with Gasteiger partial charge in [-0.1, -0.05) is 35.3 Å². The van der Waals surface area contributed by atoms with Crippen LogP contribution in [-0.2, 0) is 11.3 Å². The predicted molar refractivity (Wildman–Crippen MR) is 133 cm³/mol. The zero-order chi connectivity index (χ0) is 23.4. The summed E-state index contributed by atoms with van der Waals surface area (Å²) >= 11 is 12.4. The molecular weight excluding hydrogens is 459 g/mol. The second-order valence-electron chi connectivity index (χ2n) is 8.04. The average Bonchev–Trinajstić information content (AvgIpc) is 3.08. The monoisotopic (exact) mass is 484 g/mol. The topological polar surface area (TPSA) is 58.9 Å². The van der Waals surface area contributed by atoms with E-state index in [9.17, 15) is 4.79 Å². The van der Waals surface area contributed by atoms with Crippen LogP contribution < -0.4 is 5.43 Å². The summed E-state index contributed by atoms with van der Waals surface area (Å²) in [7, 11) is 0. The van der Waals surface area contributed by atoms with Crippen LogP contribution in [-0.4, -0.2) is 47.9 Å². The molecule has 0 unspecified atom stereocenters. The molecule has 33 heavy (non-hydrogen) atoms. The minimum absolute atomic E-state index is 0.251. The zero-order valence-corrected chi connectivity index (χ0v) is 20.2. The lowest BCUT2D eigenvalue weighted by molar-refractivity contribution is 0.0342. The molecule has 1 aromatic heterocycles. The Balaban J connectivity index is 1.40. The summed E-state index contributed by atoms with van der Waals surface area (Å²) in [4.78, 5) is 14.8. The van der Waals surface area contributed by atoms with Gasteiger partial charge in [0.2, 0.25) is 0 Å². The Kier molecular flexibility index (Phi) is 7.50. The van der Waals surface area contributed by atoms with Crippen LogP contribution in [0.1, 0.15) is 32.9 Å². The van der Waals surface area contributed by atoms with Gasteiger partial charge in [-0.2, -0.15) is 5.10 Å². The molecule has 1 aliphatic rings. The molecule has 0 aliphatic carbocycles. The number of aryl methyl sites for hydroxylation is 1. The van der Waals surface area contributed by atoms with Crippen LogP contribution in [0.25, 0.3) is 5.69 Å². The first-order valence-electron chi connectivity index (χ1n) is 10.8. The van der Waals surface area contributed by atoms with Crippen molar-refractivity contribution in [2.45, 2.75) is 20.4 Å². The lowest BCUT2D eigenvalue weighted by Gasteiger charge is -2.26. The largest absolute Gasteiger partial charge is 0.379 e. The van der Waals surface area contributed by atoms with Crippen molar-refractivity contribution in [2.75, 3.05) is 26.3 Å². The summed E-state index contributed by atoms with van der Waals surface area (Å²) in [6.45, 7) is 8.24. The molecule has 0 radical (unpaired) electrons. The fourth-order valence-electron chi connectivity index (χ4n) is 3.96. The summed E-state index contributed by atoms with van der Waals surface area (Å²) in [5, 5.41) is 5.32. The number of nitrogens with one attached hydrogen (secondary N) is 1. The molecule has 2 heterocycles. The van der Waals surface area contributed by atoms with E-state index in [-0.39, 0.29) is 5.91 Å². The number of morpholine rings is 1. The van der Waals surface area contributed by atoms with Crippen molar-refractivity contribution in [3.63, 3.8) is 0 Å². The third-order valence-corrected chi connectivity index (χ3v) is 6.25. The Morgan fingerprint density at radius 2 is 1.82 bits per heavy atom. The van der Waals surface area contributed by atoms with E-state index < -0.39 is 0 Å². The van der Waals surface area contributed by atoms with Crippen LogP contribution >= 0.6 is 23.2 Å². The number of rotatable bonds is 6. The number of hydrazone groups is 1. The van der Waals surface area contributed by atoms with Crippen molar-refractivity contribution in [3.05, 3.63) is 86.7 Å². The standard InChI is InChI=1S/C25H26Cl2N4O2/c1-17-13-21(18(2)31(17)24-8-7-22(26)14-23(24)27)15-28-29-25(32)20-5-3-19(4-6-20)16-30-9-11-33-12-10-30/h3-8,13-15H,9-12,16H2,1-2H3,(H,29,32)/b28-15-. The molecule has 1 fully saturated rings. The number of halogens is 2. The maximum atomic E-state index is 12.5. The predicted octanol–water partition coefficient (Wildman–Crippen LogP) is 5.00. The van der Waals surface area contributed by atoms with Gasteiger partial charge in [-0.25, -0.2) is 5.43 Å². The van der Waals surface area contributed by atoms with Gasteiger partial charge in [0.1, 0.15) is 0 Å². The van der Waals surface area contributed by atoms with Gasteiger partial charge in [0.15, 0.2) is 0 Å².